The number of halogens is 3. The number of likely N-dealkylation sites (tertiary alicyclic amines) is 1. The van der Waals surface area contributed by atoms with Gasteiger partial charge in [-0.25, -0.2) is 4.98 Å². The maximum Gasteiger partial charge on any atom is 0.397 e. The maximum atomic E-state index is 12.6. The van der Waals surface area contributed by atoms with Crippen molar-refractivity contribution in [3.05, 3.63) is 36.3 Å². The van der Waals surface area contributed by atoms with E-state index in [1.165, 1.54) is 4.90 Å². The minimum absolute atomic E-state index is 0.0433. The number of nitrogens with one attached hydrogen (secondary N) is 1. The zero-order chi connectivity index (χ0) is 18.5. The second kappa shape index (κ2) is 5.96. The smallest absolute Gasteiger partial charge is 0.346 e. The molecule has 5 nitrogen and oxygen atoms in total. The third-order valence-electron chi connectivity index (χ3n) is 5.04. The van der Waals surface area contributed by atoms with E-state index in [4.69, 9.17) is 0 Å². The zero-order valence-corrected chi connectivity index (χ0v) is 14.0. The number of aromatic amines is 1. The molecule has 0 saturated carbocycles. The van der Waals surface area contributed by atoms with Crippen molar-refractivity contribution in [2.75, 3.05) is 13.1 Å². The minimum Gasteiger partial charge on any atom is -0.346 e. The molecule has 0 radical (unpaired) electrons. The van der Waals surface area contributed by atoms with Gasteiger partial charge in [-0.3, -0.25) is 9.78 Å². The Balaban J connectivity index is 1.72. The Hall–Kier alpha value is -2.64. The summed E-state index contributed by atoms with van der Waals surface area (Å²) < 4.78 is 37.7. The molecular formula is C18H17F3N4O. The molecule has 0 aliphatic carbocycles. The van der Waals surface area contributed by atoms with Crippen LogP contribution in [0.1, 0.15) is 24.8 Å². The molecule has 0 aromatic carbocycles. The van der Waals surface area contributed by atoms with Crippen LogP contribution in [0.2, 0.25) is 0 Å². The first-order valence-corrected chi connectivity index (χ1v) is 8.39. The van der Waals surface area contributed by atoms with E-state index in [1.807, 2.05) is 19.1 Å². The molecule has 0 bridgehead atoms. The number of pyridine rings is 2. The highest BCUT2D eigenvalue weighted by Gasteiger charge is 2.39. The van der Waals surface area contributed by atoms with E-state index in [1.54, 1.807) is 18.6 Å². The second-order valence-corrected chi connectivity index (χ2v) is 6.83. The second-order valence-electron chi connectivity index (χ2n) is 6.83. The molecule has 1 fully saturated rings. The van der Waals surface area contributed by atoms with Crippen molar-refractivity contribution >= 4 is 27.8 Å². The van der Waals surface area contributed by atoms with Crippen LogP contribution >= 0.6 is 0 Å². The summed E-state index contributed by atoms with van der Waals surface area (Å²) in [6, 6.07) is 3.82. The number of alkyl halides is 3. The van der Waals surface area contributed by atoms with Crippen molar-refractivity contribution in [1.29, 1.82) is 0 Å². The molecule has 2 unspecified atom stereocenters. The van der Waals surface area contributed by atoms with Crippen molar-refractivity contribution in [1.82, 2.24) is 19.9 Å². The molecule has 1 aliphatic heterocycles. The summed E-state index contributed by atoms with van der Waals surface area (Å²) in [7, 11) is 0. The molecule has 1 N–H and O–H groups in total. The molecule has 1 amide bonds. The first-order valence-electron chi connectivity index (χ1n) is 8.39. The van der Waals surface area contributed by atoms with E-state index in [2.05, 4.69) is 15.0 Å². The lowest BCUT2D eigenvalue weighted by atomic mass is 9.88. The van der Waals surface area contributed by atoms with Crippen molar-refractivity contribution in [3.8, 4) is 0 Å². The van der Waals surface area contributed by atoms with Crippen molar-refractivity contribution < 1.29 is 18.0 Å². The van der Waals surface area contributed by atoms with Crippen LogP contribution in [-0.4, -0.2) is 45.0 Å². The highest BCUT2D eigenvalue weighted by Crippen LogP contribution is 2.38. The van der Waals surface area contributed by atoms with Crippen LogP contribution in [0.15, 0.2) is 30.7 Å². The Bertz CT molecular complexity index is 981. The summed E-state index contributed by atoms with van der Waals surface area (Å²) in [6.07, 6.45) is -0.722. The van der Waals surface area contributed by atoms with Gasteiger partial charge in [-0.15, -0.1) is 0 Å². The molecule has 3 aromatic rings. The van der Waals surface area contributed by atoms with E-state index in [0.29, 0.717) is 6.54 Å². The number of fused-ring (bicyclic) bond motifs is 3. The molecule has 4 rings (SSSR count). The van der Waals surface area contributed by atoms with Crippen molar-refractivity contribution in [2.24, 2.45) is 5.92 Å². The Morgan fingerprint density at radius 1 is 1.31 bits per heavy atom. The Kier molecular flexibility index (Phi) is 3.86. The van der Waals surface area contributed by atoms with E-state index in [0.717, 1.165) is 27.5 Å². The van der Waals surface area contributed by atoms with Gasteiger partial charge in [-0.2, -0.15) is 13.2 Å². The van der Waals surface area contributed by atoms with Gasteiger partial charge in [0.25, 0.3) is 0 Å². The average Bonchev–Trinajstić information content (AvgIpc) is 3.19. The van der Waals surface area contributed by atoms with Crippen LogP contribution in [-0.2, 0) is 4.79 Å². The van der Waals surface area contributed by atoms with Crippen LogP contribution in [0.4, 0.5) is 13.2 Å². The molecule has 136 valence electrons. The van der Waals surface area contributed by atoms with Crippen LogP contribution < -0.4 is 0 Å². The number of amides is 1. The molecule has 8 heteroatoms. The number of carbonyl (C=O) groups excluding carboxylic acids is 1. The van der Waals surface area contributed by atoms with Crippen LogP contribution in [0.5, 0.6) is 0 Å². The Morgan fingerprint density at radius 2 is 2.12 bits per heavy atom. The molecule has 1 aliphatic rings. The zero-order valence-electron chi connectivity index (χ0n) is 14.0. The van der Waals surface area contributed by atoms with Crippen LogP contribution in [0.3, 0.4) is 0 Å². The topological polar surface area (TPSA) is 61.9 Å². The summed E-state index contributed by atoms with van der Waals surface area (Å²) in [5, 5.41) is 1.87. The number of hydrogen-bond acceptors (Lipinski definition) is 3. The summed E-state index contributed by atoms with van der Waals surface area (Å²) in [5.74, 6) is -0.850. The van der Waals surface area contributed by atoms with E-state index >= 15 is 0 Å². The van der Waals surface area contributed by atoms with Gasteiger partial charge < -0.3 is 9.88 Å². The standard InChI is InChI=1S/C18H17F3N4O/c1-10-8-25(15(26)6-18(19,20)21)9-13(10)11-2-4-22-14-7-24-17-12(16(11)14)3-5-23-17/h2-5,7,10,13H,6,8-9H2,1H3,(H,23,24). The van der Waals surface area contributed by atoms with Crippen molar-refractivity contribution in [2.45, 2.75) is 25.4 Å². The van der Waals surface area contributed by atoms with Gasteiger partial charge in [-0.1, -0.05) is 6.92 Å². The predicted octanol–water partition coefficient (Wildman–Crippen LogP) is 3.63. The quantitative estimate of drug-likeness (QED) is 0.757. The van der Waals surface area contributed by atoms with Crippen molar-refractivity contribution in [3.63, 3.8) is 0 Å². The summed E-state index contributed by atoms with van der Waals surface area (Å²) in [4.78, 5) is 25.1. The van der Waals surface area contributed by atoms with Gasteiger partial charge in [0, 0.05) is 42.2 Å². The number of rotatable bonds is 2. The first-order chi connectivity index (χ1) is 12.3. The number of carbonyl (C=O) groups is 1. The highest BCUT2D eigenvalue weighted by molar-refractivity contribution is 6.05. The van der Waals surface area contributed by atoms with E-state index in [9.17, 15) is 18.0 Å². The van der Waals surface area contributed by atoms with Gasteiger partial charge >= 0.3 is 6.18 Å². The Labute approximate surface area is 147 Å². The molecule has 0 spiro atoms. The largest absolute Gasteiger partial charge is 0.397 e. The molecule has 26 heavy (non-hydrogen) atoms. The minimum atomic E-state index is -4.48. The fraction of sp³-hybridized carbons (Fsp3) is 0.389. The van der Waals surface area contributed by atoms with Gasteiger partial charge in [-0.05, 0) is 23.6 Å². The first kappa shape index (κ1) is 16.8. The van der Waals surface area contributed by atoms with Crippen LogP contribution in [0, 0.1) is 5.92 Å². The van der Waals surface area contributed by atoms with Gasteiger partial charge in [0.2, 0.25) is 5.91 Å². The predicted molar refractivity (Wildman–Crippen MR) is 90.6 cm³/mol. The van der Waals surface area contributed by atoms with E-state index in [-0.39, 0.29) is 18.4 Å². The molecule has 1 saturated heterocycles. The summed E-state index contributed by atoms with van der Waals surface area (Å²) in [5.41, 5.74) is 2.47. The van der Waals surface area contributed by atoms with Gasteiger partial charge in [0.15, 0.2) is 0 Å². The van der Waals surface area contributed by atoms with E-state index < -0.39 is 18.5 Å². The average molecular weight is 362 g/mol. The third kappa shape index (κ3) is 2.89. The fourth-order valence-corrected chi connectivity index (χ4v) is 3.85. The maximum absolute atomic E-state index is 12.6. The lowest BCUT2D eigenvalue weighted by molar-refractivity contribution is -0.160. The van der Waals surface area contributed by atoms with Crippen LogP contribution in [0.25, 0.3) is 21.9 Å². The number of hydrogen-bond donors (Lipinski definition) is 1. The lowest BCUT2D eigenvalue weighted by Gasteiger charge is -2.18. The Morgan fingerprint density at radius 3 is 2.88 bits per heavy atom. The van der Waals surface area contributed by atoms with Gasteiger partial charge in [0.1, 0.15) is 12.1 Å². The summed E-state index contributed by atoms with van der Waals surface area (Å²) >= 11 is 0. The van der Waals surface area contributed by atoms with Gasteiger partial charge in [0.05, 0.1) is 11.7 Å². The fourth-order valence-electron chi connectivity index (χ4n) is 3.85. The number of H-pyrrole nitrogens is 1. The molecular weight excluding hydrogens is 345 g/mol. The normalized spacial score (nSPS) is 21.0. The monoisotopic (exact) mass is 362 g/mol. The lowest BCUT2D eigenvalue weighted by Crippen LogP contribution is -2.32. The number of aromatic nitrogens is 3. The number of nitrogens with zero attached hydrogens (tertiary/aromatic N) is 3. The molecule has 2 atom stereocenters. The molecule has 4 heterocycles. The summed E-state index contributed by atoms with van der Waals surface area (Å²) in [6.45, 7) is 2.57. The molecule has 3 aromatic heterocycles. The highest BCUT2D eigenvalue weighted by atomic mass is 19.4. The third-order valence-corrected chi connectivity index (χ3v) is 5.04. The SMILES string of the molecule is CC1CN(C(=O)CC(F)(F)F)CC1c1ccnc2cnc3[nH]ccc3c12.